The van der Waals surface area contributed by atoms with E-state index in [-0.39, 0.29) is 0 Å². The van der Waals surface area contributed by atoms with E-state index in [0.717, 1.165) is 24.1 Å². The number of halogens is 1. The zero-order chi connectivity index (χ0) is 11.0. The largest absolute Gasteiger partial charge is 0.297 e. The van der Waals surface area contributed by atoms with Gasteiger partial charge in [-0.05, 0) is 36.8 Å². The van der Waals surface area contributed by atoms with Crippen molar-refractivity contribution >= 4 is 11.6 Å². The molecule has 2 heterocycles. The van der Waals surface area contributed by atoms with Crippen molar-refractivity contribution in [3.8, 4) is 0 Å². The van der Waals surface area contributed by atoms with E-state index >= 15 is 0 Å². The summed E-state index contributed by atoms with van der Waals surface area (Å²) < 4.78 is 0. The van der Waals surface area contributed by atoms with E-state index in [4.69, 9.17) is 11.6 Å². The molecule has 1 aromatic rings. The lowest BCUT2D eigenvalue weighted by atomic mass is 10.0. The predicted molar refractivity (Wildman–Crippen MR) is 65.4 cm³/mol. The minimum absolute atomic E-state index is 0.608. The average molecular weight is 237 g/mol. The number of likely N-dealkylation sites (tertiary alicyclic amines) is 1. The summed E-state index contributed by atoms with van der Waals surface area (Å²) >= 11 is 5.90. The molecule has 2 aliphatic rings. The lowest BCUT2D eigenvalue weighted by Crippen LogP contribution is -2.21. The van der Waals surface area contributed by atoms with Crippen LogP contribution in [0, 0.1) is 11.8 Å². The Bertz CT molecular complexity index is 368. The monoisotopic (exact) mass is 236 g/mol. The van der Waals surface area contributed by atoms with Crippen molar-refractivity contribution in [2.45, 2.75) is 25.8 Å². The van der Waals surface area contributed by atoms with Crippen LogP contribution in [0.1, 0.15) is 25.0 Å². The number of nitrogens with zero attached hydrogens (tertiary/aromatic N) is 2. The standard InChI is InChI=1S/C13H17ClN2/c14-13-6-2-5-12(15-13)9-16-7-10-3-1-4-11(10)8-16/h2,5-6,10-11H,1,3-4,7-9H2. The maximum Gasteiger partial charge on any atom is 0.129 e. The number of fused-ring (bicyclic) bond motifs is 1. The number of hydrogen-bond acceptors (Lipinski definition) is 2. The Balaban J connectivity index is 1.64. The highest BCUT2D eigenvalue weighted by Gasteiger charge is 2.35. The van der Waals surface area contributed by atoms with Crippen molar-refractivity contribution in [1.82, 2.24) is 9.88 Å². The highest BCUT2D eigenvalue weighted by atomic mass is 35.5. The summed E-state index contributed by atoms with van der Waals surface area (Å²) in [5.74, 6) is 1.92. The molecule has 0 radical (unpaired) electrons. The Hall–Kier alpha value is -0.600. The van der Waals surface area contributed by atoms with Gasteiger partial charge in [-0.25, -0.2) is 4.98 Å². The van der Waals surface area contributed by atoms with E-state index < -0.39 is 0 Å². The molecule has 1 saturated carbocycles. The van der Waals surface area contributed by atoms with Gasteiger partial charge in [0.15, 0.2) is 0 Å². The van der Waals surface area contributed by atoms with E-state index in [9.17, 15) is 0 Å². The van der Waals surface area contributed by atoms with Gasteiger partial charge in [0.1, 0.15) is 5.15 Å². The average Bonchev–Trinajstić information content (AvgIpc) is 2.77. The normalized spacial score (nSPS) is 29.6. The fourth-order valence-corrected chi connectivity index (χ4v) is 3.41. The van der Waals surface area contributed by atoms with Gasteiger partial charge in [-0.3, -0.25) is 4.90 Å². The van der Waals surface area contributed by atoms with Crippen molar-refractivity contribution in [3.05, 3.63) is 29.0 Å². The first-order valence-corrected chi connectivity index (χ1v) is 6.53. The molecule has 0 bridgehead atoms. The predicted octanol–water partition coefficient (Wildman–Crippen LogP) is 2.97. The highest BCUT2D eigenvalue weighted by Crippen LogP contribution is 2.38. The van der Waals surface area contributed by atoms with Gasteiger partial charge in [-0.2, -0.15) is 0 Å². The fraction of sp³-hybridized carbons (Fsp3) is 0.615. The molecule has 3 rings (SSSR count). The number of aromatic nitrogens is 1. The minimum Gasteiger partial charge on any atom is -0.297 e. The molecule has 86 valence electrons. The molecule has 3 heteroatoms. The Labute approximate surface area is 102 Å². The molecule has 1 aliphatic carbocycles. The summed E-state index contributed by atoms with van der Waals surface area (Å²) in [4.78, 5) is 6.89. The van der Waals surface area contributed by atoms with Crippen molar-refractivity contribution in [2.75, 3.05) is 13.1 Å². The quantitative estimate of drug-likeness (QED) is 0.734. The van der Waals surface area contributed by atoms with Crippen LogP contribution in [0.4, 0.5) is 0 Å². The van der Waals surface area contributed by atoms with Gasteiger partial charge in [0, 0.05) is 19.6 Å². The van der Waals surface area contributed by atoms with Gasteiger partial charge in [-0.15, -0.1) is 0 Å². The first-order chi connectivity index (χ1) is 7.81. The van der Waals surface area contributed by atoms with E-state index in [1.165, 1.54) is 32.4 Å². The summed E-state index contributed by atoms with van der Waals surface area (Å²) in [5, 5.41) is 0.608. The second-order valence-corrected chi connectivity index (χ2v) is 5.48. The fourth-order valence-electron chi connectivity index (χ4n) is 3.23. The Kier molecular flexibility index (Phi) is 2.86. The van der Waals surface area contributed by atoms with Gasteiger partial charge in [0.25, 0.3) is 0 Å². The molecule has 2 unspecified atom stereocenters. The molecule has 0 N–H and O–H groups in total. The maximum absolute atomic E-state index is 5.90. The Morgan fingerprint density at radius 1 is 1.25 bits per heavy atom. The summed E-state index contributed by atoms with van der Waals surface area (Å²) in [6.45, 7) is 3.49. The van der Waals surface area contributed by atoms with Crippen LogP contribution >= 0.6 is 11.6 Å². The molecule has 0 amide bonds. The van der Waals surface area contributed by atoms with Crippen molar-refractivity contribution in [1.29, 1.82) is 0 Å². The third-order valence-corrected chi connectivity index (χ3v) is 4.17. The third kappa shape index (κ3) is 2.09. The summed E-state index contributed by atoms with van der Waals surface area (Å²) in [6, 6.07) is 5.89. The van der Waals surface area contributed by atoms with Crippen molar-refractivity contribution < 1.29 is 0 Å². The molecule has 2 fully saturated rings. The van der Waals surface area contributed by atoms with Crippen molar-refractivity contribution in [3.63, 3.8) is 0 Å². The summed E-state index contributed by atoms with van der Waals surface area (Å²) in [6.07, 6.45) is 4.31. The zero-order valence-corrected chi connectivity index (χ0v) is 10.2. The molecule has 1 saturated heterocycles. The van der Waals surface area contributed by atoms with Crippen LogP contribution in [0.2, 0.25) is 5.15 Å². The van der Waals surface area contributed by atoms with Crippen LogP contribution in [-0.4, -0.2) is 23.0 Å². The van der Waals surface area contributed by atoms with Crippen molar-refractivity contribution in [2.24, 2.45) is 11.8 Å². The number of rotatable bonds is 2. The second-order valence-electron chi connectivity index (χ2n) is 5.10. The smallest absolute Gasteiger partial charge is 0.129 e. The number of pyridine rings is 1. The van der Waals surface area contributed by atoms with Gasteiger partial charge >= 0.3 is 0 Å². The highest BCUT2D eigenvalue weighted by molar-refractivity contribution is 6.29. The molecular weight excluding hydrogens is 220 g/mol. The lowest BCUT2D eigenvalue weighted by molar-refractivity contribution is 0.300. The molecule has 0 aromatic carbocycles. The summed E-state index contributed by atoms with van der Waals surface area (Å²) in [7, 11) is 0. The molecule has 1 aromatic heterocycles. The van der Waals surface area contributed by atoms with Gasteiger partial charge in [-0.1, -0.05) is 24.1 Å². The van der Waals surface area contributed by atoms with Gasteiger partial charge < -0.3 is 0 Å². The Morgan fingerprint density at radius 2 is 2.00 bits per heavy atom. The van der Waals surface area contributed by atoms with Crippen LogP contribution in [-0.2, 0) is 6.54 Å². The topological polar surface area (TPSA) is 16.1 Å². The van der Waals surface area contributed by atoms with E-state index in [0.29, 0.717) is 5.15 Å². The second kappa shape index (κ2) is 4.34. The molecule has 16 heavy (non-hydrogen) atoms. The first-order valence-electron chi connectivity index (χ1n) is 6.15. The van der Waals surface area contributed by atoms with E-state index in [1.807, 2.05) is 12.1 Å². The third-order valence-electron chi connectivity index (χ3n) is 3.96. The van der Waals surface area contributed by atoms with E-state index in [1.54, 1.807) is 0 Å². The van der Waals surface area contributed by atoms with E-state index in [2.05, 4.69) is 16.0 Å². The first kappa shape index (κ1) is 10.5. The van der Waals surface area contributed by atoms with Crippen LogP contribution in [0.5, 0.6) is 0 Å². The minimum atomic E-state index is 0.608. The molecule has 0 spiro atoms. The van der Waals surface area contributed by atoms with Crippen LogP contribution in [0.15, 0.2) is 18.2 Å². The van der Waals surface area contributed by atoms with Crippen LogP contribution in [0.3, 0.4) is 0 Å². The van der Waals surface area contributed by atoms with Crippen LogP contribution in [0.25, 0.3) is 0 Å². The maximum atomic E-state index is 5.90. The Morgan fingerprint density at radius 3 is 2.69 bits per heavy atom. The lowest BCUT2D eigenvalue weighted by Gasteiger charge is -2.15. The molecule has 2 atom stereocenters. The van der Waals surface area contributed by atoms with Crippen LogP contribution < -0.4 is 0 Å². The molecule has 2 nitrogen and oxygen atoms in total. The summed E-state index contributed by atoms with van der Waals surface area (Å²) in [5.41, 5.74) is 1.10. The zero-order valence-electron chi connectivity index (χ0n) is 9.40. The number of hydrogen-bond donors (Lipinski definition) is 0. The molecular formula is C13H17ClN2. The van der Waals surface area contributed by atoms with Gasteiger partial charge in [0.05, 0.1) is 5.69 Å². The molecule has 1 aliphatic heterocycles. The van der Waals surface area contributed by atoms with Gasteiger partial charge in [0.2, 0.25) is 0 Å². The SMILES string of the molecule is Clc1cccc(CN2CC3CCCC3C2)n1.